The first-order chi connectivity index (χ1) is 10.2. The Balaban J connectivity index is 2.05. The van der Waals surface area contributed by atoms with Gasteiger partial charge >= 0.3 is 6.03 Å². The Kier molecular flexibility index (Phi) is 3.31. The van der Waals surface area contributed by atoms with Crippen LogP contribution in [-0.2, 0) is 0 Å². The van der Waals surface area contributed by atoms with Crippen LogP contribution in [0.2, 0.25) is 0 Å². The third kappa shape index (κ3) is 2.45. The van der Waals surface area contributed by atoms with Crippen molar-refractivity contribution in [3.05, 3.63) is 65.7 Å². The van der Waals surface area contributed by atoms with Crippen molar-refractivity contribution in [2.45, 2.75) is 12.1 Å². The Hall–Kier alpha value is -2.82. The van der Waals surface area contributed by atoms with E-state index in [0.717, 1.165) is 5.56 Å². The van der Waals surface area contributed by atoms with Crippen LogP contribution in [0.1, 0.15) is 22.0 Å². The lowest BCUT2D eigenvalue weighted by Crippen LogP contribution is -2.50. The van der Waals surface area contributed by atoms with Crippen molar-refractivity contribution >= 4 is 11.8 Å². The van der Waals surface area contributed by atoms with E-state index in [1.807, 2.05) is 30.3 Å². The van der Waals surface area contributed by atoms with E-state index >= 15 is 0 Å². The molecule has 0 spiro atoms. The van der Waals surface area contributed by atoms with Gasteiger partial charge in [-0.2, -0.15) is 0 Å². The summed E-state index contributed by atoms with van der Waals surface area (Å²) in [5.41, 5.74) is 6.44. The van der Waals surface area contributed by atoms with Gasteiger partial charge in [0, 0.05) is 0 Å². The molecule has 0 unspecified atom stereocenters. The Morgan fingerprint density at radius 3 is 2.43 bits per heavy atom. The van der Waals surface area contributed by atoms with Crippen LogP contribution in [0.25, 0.3) is 0 Å². The SMILES string of the molecule is NC(=O)N[C@H]1C(=O)c2ccccc2O[C@H]1c1ccccc1. The number of nitrogens with two attached hydrogens (primary N) is 1. The topological polar surface area (TPSA) is 81.4 Å². The Morgan fingerprint density at radius 2 is 1.71 bits per heavy atom. The average molecular weight is 282 g/mol. The van der Waals surface area contributed by atoms with Gasteiger partial charge in [0.15, 0.2) is 11.9 Å². The first kappa shape index (κ1) is 13.2. The second-order valence-electron chi connectivity index (χ2n) is 4.80. The predicted octanol–water partition coefficient (Wildman–Crippen LogP) is 2.04. The number of nitrogens with one attached hydrogen (secondary N) is 1. The van der Waals surface area contributed by atoms with Crippen molar-refractivity contribution in [2.75, 3.05) is 0 Å². The highest BCUT2D eigenvalue weighted by molar-refractivity contribution is 6.05. The van der Waals surface area contributed by atoms with Gasteiger partial charge in [-0.1, -0.05) is 42.5 Å². The Labute approximate surface area is 121 Å². The van der Waals surface area contributed by atoms with Crippen molar-refractivity contribution in [3.63, 3.8) is 0 Å². The van der Waals surface area contributed by atoms with Crippen LogP contribution in [0.3, 0.4) is 0 Å². The molecule has 3 N–H and O–H groups in total. The fourth-order valence-corrected chi connectivity index (χ4v) is 2.48. The molecule has 0 saturated heterocycles. The van der Waals surface area contributed by atoms with Gasteiger partial charge in [-0.25, -0.2) is 4.79 Å². The minimum absolute atomic E-state index is 0.204. The number of benzene rings is 2. The van der Waals surface area contributed by atoms with Crippen molar-refractivity contribution < 1.29 is 14.3 Å². The number of hydrogen-bond donors (Lipinski definition) is 2. The summed E-state index contributed by atoms with van der Waals surface area (Å²) in [6.45, 7) is 0. The predicted molar refractivity (Wildman–Crippen MR) is 77.1 cm³/mol. The molecule has 1 aliphatic heterocycles. The van der Waals surface area contributed by atoms with E-state index < -0.39 is 18.2 Å². The summed E-state index contributed by atoms with van der Waals surface area (Å²) >= 11 is 0. The molecule has 21 heavy (non-hydrogen) atoms. The highest BCUT2D eigenvalue weighted by Gasteiger charge is 2.38. The quantitative estimate of drug-likeness (QED) is 0.884. The zero-order valence-corrected chi connectivity index (χ0v) is 11.2. The average Bonchev–Trinajstić information content (AvgIpc) is 2.50. The fourth-order valence-electron chi connectivity index (χ4n) is 2.48. The van der Waals surface area contributed by atoms with Crippen molar-refractivity contribution in [1.82, 2.24) is 5.32 Å². The Bertz CT molecular complexity index is 685. The minimum atomic E-state index is -0.834. The first-order valence-electron chi connectivity index (χ1n) is 6.57. The second kappa shape index (κ2) is 5.28. The number of Topliss-reactive ketones (excluding diaryl/α,β-unsaturated/α-hetero) is 1. The highest BCUT2D eigenvalue weighted by atomic mass is 16.5. The molecule has 0 aliphatic carbocycles. The molecule has 5 heteroatoms. The lowest BCUT2D eigenvalue weighted by Gasteiger charge is -2.32. The van der Waals surface area contributed by atoms with E-state index in [-0.39, 0.29) is 5.78 Å². The molecule has 1 aliphatic rings. The third-order valence-corrected chi connectivity index (χ3v) is 3.42. The van der Waals surface area contributed by atoms with Crippen LogP contribution in [-0.4, -0.2) is 17.9 Å². The second-order valence-corrected chi connectivity index (χ2v) is 4.80. The molecule has 2 aromatic carbocycles. The number of carbonyl (C=O) groups excluding carboxylic acids is 2. The molecular formula is C16H14N2O3. The summed E-state index contributed by atoms with van der Waals surface area (Å²) in [6, 6.07) is 14.7. The van der Waals surface area contributed by atoms with Crippen LogP contribution in [0.15, 0.2) is 54.6 Å². The van der Waals surface area contributed by atoms with E-state index in [9.17, 15) is 9.59 Å². The number of urea groups is 1. The summed E-state index contributed by atoms with van der Waals surface area (Å²) in [7, 11) is 0. The number of fused-ring (bicyclic) bond motifs is 1. The number of ketones is 1. The van der Waals surface area contributed by atoms with Gasteiger partial charge in [0.05, 0.1) is 5.56 Å². The van der Waals surface area contributed by atoms with Gasteiger partial charge in [-0.15, -0.1) is 0 Å². The first-order valence-corrected chi connectivity index (χ1v) is 6.57. The molecular weight excluding hydrogens is 268 g/mol. The van der Waals surface area contributed by atoms with Crippen molar-refractivity contribution in [2.24, 2.45) is 5.73 Å². The molecule has 2 aromatic rings. The molecule has 0 aromatic heterocycles. The Morgan fingerprint density at radius 1 is 1.05 bits per heavy atom. The third-order valence-electron chi connectivity index (χ3n) is 3.42. The van der Waals surface area contributed by atoms with E-state index in [2.05, 4.69) is 5.32 Å². The maximum atomic E-state index is 12.6. The highest BCUT2D eigenvalue weighted by Crippen LogP contribution is 2.34. The van der Waals surface area contributed by atoms with Crippen LogP contribution in [0.5, 0.6) is 5.75 Å². The smallest absolute Gasteiger partial charge is 0.312 e. The van der Waals surface area contributed by atoms with Crippen LogP contribution in [0, 0.1) is 0 Å². The minimum Gasteiger partial charge on any atom is -0.482 e. The molecule has 0 bridgehead atoms. The standard InChI is InChI=1S/C16H14N2O3/c17-16(20)18-13-14(19)11-8-4-5-9-12(11)21-15(13)10-6-2-1-3-7-10/h1-9,13,15H,(H3,17,18,20)/t13-,15-/m0/s1. The van der Waals surface area contributed by atoms with Crippen LogP contribution < -0.4 is 15.8 Å². The van der Waals surface area contributed by atoms with Gasteiger partial charge in [0.1, 0.15) is 11.8 Å². The number of hydrogen-bond acceptors (Lipinski definition) is 3. The molecule has 1 heterocycles. The maximum absolute atomic E-state index is 12.6. The number of para-hydroxylation sites is 1. The molecule has 2 amide bonds. The van der Waals surface area contributed by atoms with Gasteiger partial charge in [-0.3, -0.25) is 4.79 Å². The van der Waals surface area contributed by atoms with Crippen molar-refractivity contribution in [1.29, 1.82) is 0 Å². The van der Waals surface area contributed by atoms with Crippen LogP contribution >= 0.6 is 0 Å². The zero-order chi connectivity index (χ0) is 14.8. The largest absolute Gasteiger partial charge is 0.482 e. The molecule has 0 fully saturated rings. The van der Waals surface area contributed by atoms with Gasteiger partial charge in [0.25, 0.3) is 0 Å². The van der Waals surface area contributed by atoms with E-state index in [0.29, 0.717) is 11.3 Å². The number of carbonyl (C=O) groups is 2. The van der Waals surface area contributed by atoms with Crippen LogP contribution in [0.4, 0.5) is 4.79 Å². The summed E-state index contributed by atoms with van der Waals surface area (Å²) in [5, 5.41) is 2.49. The summed E-state index contributed by atoms with van der Waals surface area (Å²) in [6.07, 6.45) is -0.596. The fraction of sp³-hybridized carbons (Fsp3) is 0.125. The molecule has 0 radical (unpaired) electrons. The monoisotopic (exact) mass is 282 g/mol. The number of amides is 2. The maximum Gasteiger partial charge on any atom is 0.312 e. The lowest BCUT2D eigenvalue weighted by molar-refractivity contribution is 0.0748. The van der Waals surface area contributed by atoms with Gasteiger partial charge in [0.2, 0.25) is 0 Å². The van der Waals surface area contributed by atoms with E-state index in [1.165, 1.54) is 0 Å². The summed E-state index contributed by atoms with van der Waals surface area (Å²) in [4.78, 5) is 23.8. The number of rotatable bonds is 2. The van der Waals surface area contributed by atoms with Gasteiger partial charge in [-0.05, 0) is 17.7 Å². The molecule has 3 rings (SSSR count). The van der Waals surface area contributed by atoms with E-state index in [1.54, 1.807) is 24.3 Å². The summed E-state index contributed by atoms with van der Waals surface area (Å²) < 4.78 is 5.91. The molecule has 5 nitrogen and oxygen atoms in total. The van der Waals surface area contributed by atoms with Crippen molar-refractivity contribution in [3.8, 4) is 5.75 Å². The molecule has 2 atom stereocenters. The lowest BCUT2D eigenvalue weighted by atomic mass is 9.91. The normalized spacial score (nSPS) is 20.3. The zero-order valence-electron chi connectivity index (χ0n) is 11.2. The number of primary amides is 1. The van der Waals surface area contributed by atoms with Gasteiger partial charge < -0.3 is 15.8 Å². The summed E-state index contributed by atoms with van der Waals surface area (Å²) in [5.74, 6) is 0.309. The van der Waals surface area contributed by atoms with E-state index in [4.69, 9.17) is 10.5 Å². The number of ether oxygens (including phenoxy) is 1. The molecule has 0 saturated carbocycles. The molecule has 106 valence electrons.